The fraction of sp³-hybridized carbons (Fsp3) is 0.500. The Balaban J connectivity index is 3.29. The third kappa shape index (κ3) is 3.61. The summed E-state index contributed by atoms with van der Waals surface area (Å²) in [5.74, 6) is -1.93. The molecule has 0 atom stereocenters. The summed E-state index contributed by atoms with van der Waals surface area (Å²) in [7, 11) is -3.00. The number of nitrogens with zero attached hydrogens (tertiary/aromatic N) is 1. The molecule has 1 heterocycles. The summed E-state index contributed by atoms with van der Waals surface area (Å²) in [5.41, 5.74) is -0.0184. The standard InChI is InChI=1S/C12H17NO7S/c1-7(2)13(6-10(14)15)21(17,18)11-5-9(8(3)20-11)12(16)19-4/h5,7H,6H2,1-4H3,(H,14,15). The molecule has 0 spiro atoms. The number of furan rings is 1. The van der Waals surface area contributed by atoms with Crippen molar-refractivity contribution in [2.75, 3.05) is 13.7 Å². The van der Waals surface area contributed by atoms with E-state index in [1.54, 1.807) is 0 Å². The number of esters is 1. The van der Waals surface area contributed by atoms with Crippen LogP contribution in [0.1, 0.15) is 30.0 Å². The molecule has 0 aliphatic rings. The summed E-state index contributed by atoms with van der Waals surface area (Å²) >= 11 is 0. The zero-order valence-corrected chi connectivity index (χ0v) is 12.9. The van der Waals surface area contributed by atoms with E-state index in [-0.39, 0.29) is 11.3 Å². The quantitative estimate of drug-likeness (QED) is 0.773. The third-order valence-corrected chi connectivity index (χ3v) is 4.61. The molecule has 0 unspecified atom stereocenters. The van der Waals surface area contributed by atoms with Gasteiger partial charge in [-0.2, -0.15) is 4.31 Å². The van der Waals surface area contributed by atoms with Crippen LogP contribution in [0.5, 0.6) is 0 Å². The molecule has 0 amide bonds. The van der Waals surface area contributed by atoms with Gasteiger partial charge in [-0.05, 0) is 20.8 Å². The van der Waals surface area contributed by atoms with Crippen LogP contribution in [0.25, 0.3) is 0 Å². The van der Waals surface area contributed by atoms with Crippen LogP contribution in [0.15, 0.2) is 15.6 Å². The molecule has 118 valence electrons. The van der Waals surface area contributed by atoms with Crippen LogP contribution in [0.3, 0.4) is 0 Å². The molecule has 1 aromatic rings. The molecule has 1 rings (SSSR count). The van der Waals surface area contributed by atoms with Crippen molar-refractivity contribution >= 4 is 22.0 Å². The SMILES string of the molecule is COC(=O)c1cc(S(=O)(=O)N(CC(=O)O)C(C)C)oc1C. The monoisotopic (exact) mass is 319 g/mol. The number of aliphatic carboxylic acids is 1. The maximum atomic E-state index is 12.4. The average Bonchev–Trinajstić information content (AvgIpc) is 2.77. The van der Waals surface area contributed by atoms with Crippen LogP contribution >= 0.6 is 0 Å². The van der Waals surface area contributed by atoms with E-state index < -0.39 is 39.6 Å². The average molecular weight is 319 g/mol. The molecule has 21 heavy (non-hydrogen) atoms. The van der Waals surface area contributed by atoms with Gasteiger partial charge in [-0.3, -0.25) is 4.79 Å². The smallest absolute Gasteiger partial charge is 0.341 e. The Morgan fingerprint density at radius 3 is 2.43 bits per heavy atom. The fourth-order valence-electron chi connectivity index (χ4n) is 1.69. The van der Waals surface area contributed by atoms with Gasteiger partial charge >= 0.3 is 11.9 Å². The summed E-state index contributed by atoms with van der Waals surface area (Å²) in [6.07, 6.45) is 0. The number of carboxylic acids is 1. The van der Waals surface area contributed by atoms with Crippen LogP contribution < -0.4 is 0 Å². The summed E-state index contributed by atoms with van der Waals surface area (Å²) < 4.78 is 35.2. The van der Waals surface area contributed by atoms with E-state index in [1.807, 2.05) is 0 Å². The number of carbonyl (C=O) groups is 2. The maximum Gasteiger partial charge on any atom is 0.341 e. The van der Waals surface area contributed by atoms with Crippen molar-refractivity contribution in [2.45, 2.75) is 31.9 Å². The van der Waals surface area contributed by atoms with Gasteiger partial charge < -0.3 is 14.3 Å². The van der Waals surface area contributed by atoms with Gasteiger partial charge in [-0.15, -0.1) is 0 Å². The first kappa shape index (κ1) is 17.2. The van der Waals surface area contributed by atoms with E-state index in [4.69, 9.17) is 9.52 Å². The Morgan fingerprint density at radius 1 is 1.43 bits per heavy atom. The van der Waals surface area contributed by atoms with Gasteiger partial charge in [-0.1, -0.05) is 0 Å². The highest BCUT2D eigenvalue weighted by atomic mass is 32.2. The van der Waals surface area contributed by atoms with Gasteiger partial charge in [0, 0.05) is 12.1 Å². The molecule has 0 saturated heterocycles. The van der Waals surface area contributed by atoms with E-state index in [1.165, 1.54) is 20.8 Å². The predicted octanol–water partition coefficient (Wildman–Crippen LogP) is 0.858. The molecule has 0 fully saturated rings. The number of rotatable bonds is 6. The maximum absolute atomic E-state index is 12.4. The lowest BCUT2D eigenvalue weighted by Crippen LogP contribution is -2.40. The van der Waals surface area contributed by atoms with Crippen molar-refractivity contribution in [1.82, 2.24) is 4.31 Å². The lowest BCUT2D eigenvalue weighted by atomic mass is 10.3. The van der Waals surface area contributed by atoms with Gasteiger partial charge in [0.25, 0.3) is 10.0 Å². The first-order valence-corrected chi connectivity index (χ1v) is 7.47. The van der Waals surface area contributed by atoms with Crippen molar-refractivity contribution in [3.63, 3.8) is 0 Å². The molecule has 0 aromatic carbocycles. The van der Waals surface area contributed by atoms with Crippen LogP contribution in [-0.2, 0) is 19.6 Å². The molecule has 1 aromatic heterocycles. The number of ether oxygens (including phenoxy) is 1. The molecular weight excluding hydrogens is 302 g/mol. The van der Waals surface area contributed by atoms with Gasteiger partial charge in [0.1, 0.15) is 17.9 Å². The second kappa shape index (κ2) is 6.27. The largest absolute Gasteiger partial charge is 0.480 e. The number of hydrogen-bond acceptors (Lipinski definition) is 6. The first-order valence-electron chi connectivity index (χ1n) is 6.03. The Bertz CT molecular complexity index is 645. The highest BCUT2D eigenvalue weighted by Crippen LogP contribution is 2.24. The Labute approximate surface area is 122 Å². The fourth-order valence-corrected chi connectivity index (χ4v) is 3.25. The number of aryl methyl sites for hydroxylation is 1. The number of methoxy groups -OCH3 is 1. The summed E-state index contributed by atoms with van der Waals surface area (Å²) in [6.45, 7) is 3.80. The highest BCUT2D eigenvalue weighted by molar-refractivity contribution is 7.89. The minimum Gasteiger partial charge on any atom is -0.480 e. The summed E-state index contributed by atoms with van der Waals surface area (Å²) in [4.78, 5) is 22.3. The number of hydrogen-bond donors (Lipinski definition) is 1. The van der Waals surface area contributed by atoms with Gasteiger partial charge in [0.2, 0.25) is 5.09 Å². The van der Waals surface area contributed by atoms with Crippen molar-refractivity contribution in [3.8, 4) is 0 Å². The second-order valence-corrected chi connectivity index (χ2v) is 6.39. The first-order chi connectivity index (χ1) is 9.61. The van der Waals surface area contributed by atoms with Crippen LogP contribution in [-0.4, -0.2) is 49.5 Å². The third-order valence-electron chi connectivity index (χ3n) is 2.73. The van der Waals surface area contributed by atoms with E-state index in [2.05, 4.69) is 4.74 Å². The second-order valence-electron chi connectivity index (χ2n) is 4.56. The van der Waals surface area contributed by atoms with Gasteiger partial charge in [-0.25, -0.2) is 13.2 Å². The van der Waals surface area contributed by atoms with Crippen molar-refractivity contribution in [2.24, 2.45) is 0 Å². The molecular formula is C12H17NO7S. The zero-order chi connectivity index (χ0) is 16.4. The van der Waals surface area contributed by atoms with E-state index in [0.717, 1.165) is 17.5 Å². The molecule has 8 nitrogen and oxygen atoms in total. The normalized spacial score (nSPS) is 11.9. The molecule has 0 bridgehead atoms. The van der Waals surface area contributed by atoms with Crippen LogP contribution in [0, 0.1) is 6.92 Å². The van der Waals surface area contributed by atoms with E-state index in [9.17, 15) is 18.0 Å². The highest BCUT2D eigenvalue weighted by Gasteiger charge is 2.33. The minimum absolute atomic E-state index is 0.0184. The number of sulfonamides is 1. The van der Waals surface area contributed by atoms with Gasteiger partial charge in [0.15, 0.2) is 0 Å². The lowest BCUT2D eigenvalue weighted by Gasteiger charge is -2.22. The Morgan fingerprint density at radius 2 is 2.00 bits per heavy atom. The van der Waals surface area contributed by atoms with Crippen LogP contribution in [0.2, 0.25) is 0 Å². The molecule has 9 heteroatoms. The van der Waals surface area contributed by atoms with Crippen molar-refractivity contribution < 1.29 is 32.3 Å². The molecule has 1 N–H and O–H groups in total. The molecule has 0 aliphatic carbocycles. The molecule has 0 aliphatic heterocycles. The summed E-state index contributed by atoms with van der Waals surface area (Å²) in [5, 5.41) is 8.33. The minimum atomic E-state index is -4.16. The van der Waals surface area contributed by atoms with Gasteiger partial charge in [0.05, 0.1) is 7.11 Å². The topological polar surface area (TPSA) is 114 Å². The van der Waals surface area contributed by atoms with Crippen molar-refractivity contribution in [3.05, 3.63) is 17.4 Å². The molecule has 0 radical (unpaired) electrons. The summed E-state index contributed by atoms with van der Waals surface area (Å²) in [6, 6.07) is 0.450. The Hall–Kier alpha value is -1.87. The zero-order valence-electron chi connectivity index (χ0n) is 12.1. The van der Waals surface area contributed by atoms with Crippen molar-refractivity contribution in [1.29, 1.82) is 0 Å². The lowest BCUT2D eigenvalue weighted by molar-refractivity contribution is -0.137. The predicted molar refractivity (Wildman–Crippen MR) is 71.4 cm³/mol. The van der Waals surface area contributed by atoms with E-state index >= 15 is 0 Å². The van der Waals surface area contributed by atoms with Crippen LogP contribution in [0.4, 0.5) is 0 Å². The number of carbonyl (C=O) groups excluding carboxylic acids is 1. The number of carboxylic acid groups (broad SMARTS) is 1. The Kier molecular flexibility index (Phi) is 5.13. The molecule has 0 saturated carbocycles. The van der Waals surface area contributed by atoms with E-state index in [0.29, 0.717) is 0 Å².